The molecule has 0 radical (unpaired) electrons. The normalized spacial score (nSPS) is 24.5. The van der Waals surface area contributed by atoms with Gasteiger partial charge in [-0.15, -0.1) is 0 Å². The van der Waals surface area contributed by atoms with Crippen molar-refractivity contribution in [2.75, 3.05) is 13.1 Å². The van der Waals surface area contributed by atoms with E-state index in [-0.39, 0.29) is 11.2 Å². The molecule has 0 atom stereocenters. The smallest absolute Gasteiger partial charge is 0.407 e. The Balaban J connectivity index is 1.60. The number of nitrogens with zero attached hydrogens (tertiary/aromatic N) is 3. The van der Waals surface area contributed by atoms with Crippen molar-refractivity contribution in [1.29, 1.82) is 0 Å². The van der Waals surface area contributed by atoms with E-state index in [4.69, 9.17) is 14.6 Å². The number of carbonyl (C=O) groups is 1. The van der Waals surface area contributed by atoms with E-state index >= 15 is 0 Å². The van der Waals surface area contributed by atoms with Gasteiger partial charge in [0.2, 0.25) is 0 Å². The molecule has 7 nitrogen and oxygen atoms in total. The van der Waals surface area contributed by atoms with Crippen LogP contribution < -0.4 is 0 Å². The van der Waals surface area contributed by atoms with Crippen molar-refractivity contribution in [1.82, 2.24) is 14.7 Å². The van der Waals surface area contributed by atoms with Gasteiger partial charge in [0.05, 0.1) is 17.4 Å². The van der Waals surface area contributed by atoms with Gasteiger partial charge < -0.3 is 19.5 Å². The third kappa shape index (κ3) is 2.59. The number of likely N-dealkylation sites (tertiary alicyclic amines) is 1. The molecule has 0 aromatic carbocycles. The Hall–Kier alpha value is -1.60. The van der Waals surface area contributed by atoms with E-state index in [1.54, 1.807) is 6.20 Å². The van der Waals surface area contributed by atoms with Crippen molar-refractivity contribution in [3.8, 4) is 0 Å². The highest BCUT2D eigenvalue weighted by Crippen LogP contribution is 2.44. The first-order valence-corrected chi connectivity index (χ1v) is 7.54. The number of ether oxygens (including phenoxy) is 2. The molecule has 0 aliphatic carbocycles. The highest BCUT2D eigenvalue weighted by Gasteiger charge is 2.49. The van der Waals surface area contributed by atoms with E-state index in [1.165, 1.54) is 4.90 Å². The summed E-state index contributed by atoms with van der Waals surface area (Å²) in [6.07, 6.45) is 2.42. The number of carboxylic acid groups (broad SMARTS) is 1. The van der Waals surface area contributed by atoms with E-state index in [0.717, 1.165) is 5.56 Å². The molecule has 2 aliphatic heterocycles. The van der Waals surface area contributed by atoms with Crippen LogP contribution in [0.25, 0.3) is 0 Å². The average Bonchev–Trinajstić information content (AvgIpc) is 2.86. The van der Waals surface area contributed by atoms with Crippen LogP contribution in [0.5, 0.6) is 0 Å². The maximum absolute atomic E-state index is 10.7. The van der Waals surface area contributed by atoms with E-state index in [9.17, 15) is 4.79 Å². The number of amides is 1. The van der Waals surface area contributed by atoms with E-state index in [0.29, 0.717) is 25.6 Å². The molecule has 122 valence electrons. The SMILES string of the molecule is CC1(C)OC(c2cnn(CC3CN(C(=O)O)C3)c2)OC1(C)C. The zero-order chi connectivity index (χ0) is 16.1. The monoisotopic (exact) mass is 309 g/mol. The van der Waals surface area contributed by atoms with Crippen LogP contribution in [0.15, 0.2) is 12.4 Å². The Morgan fingerprint density at radius 3 is 2.45 bits per heavy atom. The summed E-state index contributed by atoms with van der Waals surface area (Å²) in [6, 6.07) is 0. The number of rotatable bonds is 3. The van der Waals surface area contributed by atoms with Crippen LogP contribution >= 0.6 is 0 Å². The molecule has 7 heteroatoms. The molecule has 0 bridgehead atoms. The fourth-order valence-electron chi connectivity index (χ4n) is 2.69. The van der Waals surface area contributed by atoms with E-state index < -0.39 is 12.4 Å². The van der Waals surface area contributed by atoms with Crippen LogP contribution in [0.1, 0.15) is 39.5 Å². The van der Waals surface area contributed by atoms with E-state index in [2.05, 4.69) is 5.10 Å². The number of hydrogen-bond acceptors (Lipinski definition) is 4. The summed E-state index contributed by atoms with van der Waals surface area (Å²) < 4.78 is 13.8. The van der Waals surface area contributed by atoms with Crippen LogP contribution in [0.2, 0.25) is 0 Å². The lowest BCUT2D eigenvalue weighted by Crippen LogP contribution is -2.50. The van der Waals surface area contributed by atoms with Crippen LogP contribution in [0.4, 0.5) is 4.79 Å². The lowest BCUT2D eigenvalue weighted by Gasteiger charge is -2.36. The quantitative estimate of drug-likeness (QED) is 0.925. The van der Waals surface area contributed by atoms with Crippen LogP contribution in [0, 0.1) is 5.92 Å². The molecule has 0 unspecified atom stereocenters. The molecule has 22 heavy (non-hydrogen) atoms. The molecule has 3 heterocycles. The van der Waals surface area contributed by atoms with Crippen LogP contribution in [-0.4, -0.2) is 50.2 Å². The summed E-state index contributed by atoms with van der Waals surface area (Å²) in [6.45, 7) is 9.93. The molecule has 2 saturated heterocycles. The average molecular weight is 309 g/mol. The van der Waals surface area contributed by atoms with Crippen molar-refractivity contribution in [2.24, 2.45) is 5.92 Å². The van der Waals surface area contributed by atoms with Gasteiger partial charge in [0.25, 0.3) is 0 Å². The third-order valence-electron chi connectivity index (χ3n) is 4.85. The summed E-state index contributed by atoms with van der Waals surface area (Å²) in [5.41, 5.74) is 0.166. The van der Waals surface area contributed by atoms with Gasteiger partial charge in [0.1, 0.15) is 0 Å². The standard InChI is InChI=1S/C15H23N3O4/c1-14(2)15(3,4)22-12(21-14)11-5-16-18(9-11)8-10-6-17(7-10)13(19)20/h5,9-10,12H,6-8H2,1-4H3,(H,19,20). The Kier molecular flexibility index (Phi) is 3.45. The van der Waals surface area contributed by atoms with E-state index in [1.807, 2.05) is 38.6 Å². The molecular formula is C15H23N3O4. The van der Waals surface area contributed by atoms with Gasteiger partial charge >= 0.3 is 6.09 Å². The zero-order valence-corrected chi connectivity index (χ0v) is 13.4. The second-order valence-electron chi connectivity index (χ2n) is 7.14. The Bertz CT molecular complexity index is 559. The summed E-state index contributed by atoms with van der Waals surface area (Å²) in [5.74, 6) is 0.321. The summed E-state index contributed by atoms with van der Waals surface area (Å²) >= 11 is 0. The topological polar surface area (TPSA) is 76.8 Å². The molecule has 2 fully saturated rings. The minimum Gasteiger partial charge on any atom is -0.465 e. The molecule has 1 aromatic heterocycles. The maximum atomic E-state index is 10.7. The van der Waals surface area contributed by atoms with Gasteiger partial charge in [-0.3, -0.25) is 4.68 Å². The lowest BCUT2D eigenvalue weighted by atomic mass is 9.90. The molecule has 0 saturated carbocycles. The fraction of sp³-hybridized carbons (Fsp3) is 0.733. The Morgan fingerprint density at radius 2 is 1.91 bits per heavy atom. The van der Waals surface area contributed by atoms with Crippen molar-refractivity contribution >= 4 is 6.09 Å². The highest BCUT2D eigenvalue weighted by atomic mass is 16.7. The minimum absolute atomic E-state index is 0.321. The van der Waals surface area contributed by atoms with Gasteiger partial charge in [-0.05, 0) is 27.7 Å². The van der Waals surface area contributed by atoms with Crippen LogP contribution in [0.3, 0.4) is 0 Å². The lowest BCUT2D eigenvalue weighted by molar-refractivity contribution is -0.0896. The Morgan fingerprint density at radius 1 is 1.32 bits per heavy atom. The van der Waals surface area contributed by atoms with Gasteiger partial charge in [-0.2, -0.15) is 5.10 Å². The Labute approximate surface area is 129 Å². The van der Waals surface area contributed by atoms with Crippen molar-refractivity contribution < 1.29 is 19.4 Å². The summed E-state index contributed by atoms with van der Waals surface area (Å²) in [7, 11) is 0. The van der Waals surface area contributed by atoms with Gasteiger partial charge in [0.15, 0.2) is 6.29 Å². The molecule has 1 N–H and O–H groups in total. The molecule has 1 aromatic rings. The second kappa shape index (κ2) is 4.96. The first kappa shape index (κ1) is 15.3. The first-order valence-electron chi connectivity index (χ1n) is 7.54. The first-order chi connectivity index (χ1) is 10.2. The molecule has 2 aliphatic rings. The van der Waals surface area contributed by atoms with Crippen molar-refractivity contribution in [3.05, 3.63) is 18.0 Å². The van der Waals surface area contributed by atoms with Gasteiger partial charge in [-0.1, -0.05) is 0 Å². The van der Waals surface area contributed by atoms with Gasteiger partial charge in [0, 0.05) is 37.3 Å². The maximum Gasteiger partial charge on any atom is 0.407 e. The zero-order valence-electron chi connectivity index (χ0n) is 13.4. The fourth-order valence-corrected chi connectivity index (χ4v) is 2.69. The molecule has 3 rings (SSSR count). The largest absolute Gasteiger partial charge is 0.465 e. The summed E-state index contributed by atoms with van der Waals surface area (Å²) in [4.78, 5) is 12.2. The van der Waals surface area contributed by atoms with Crippen molar-refractivity contribution in [3.63, 3.8) is 0 Å². The van der Waals surface area contributed by atoms with Crippen molar-refractivity contribution in [2.45, 2.75) is 51.7 Å². The van der Waals surface area contributed by atoms with Crippen LogP contribution in [-0.2, 0) is 16.0 Å². The third-order valence-corrected chi connectivity index (χ3v) is 4.85. The minimum atomic E-state index is -0.852. The number of aromatic nitrogens is 2. The highest BCUT2D eigenvalue weighted by molar-refractivity contribution is 5.65. The second-order valence-corrected chi connectivity index (χ2v) is 7.14. The molecule has 0 spiro atoms. The summed E-state index contributed by atoms with van der Waals surface area (Å²) in [5, 5.41) is 13.2. The molecule has 1 amide bonds. The predicted octanol–water partition coefficient (Wildman–Crippen LogP) is 2.10. The number of hydrogen-bond donors (Lipinski definition) is 1. The molecular weight excluding hydrogens is 286 g/mol. The van der Waals surface area contributed by atoms with Gasteiger partial charge in [-0.25, -0.2) is 4.79 Å². The predicted molar refractivity (Wildman–Crippen MR) is 78.4 cm³/mol.